The van der Waals surface area contributed by atoms with E-state index in [-0.39, 0.29) is 44.1 Å². The van der Waals surface area contributed by atoms with Crippen molar-refractivity contribution in [3.05, 3.63) is 102 Å². The van der Waals surface area contributed by atoms with E-state index in [1.165, 1.54) is 12.2 Å². The zero-order valence-corrected chi connectivity index (χ0v) is 34.9. The molecule has 0 unspecified atom stereocenters. The van der Waals surface area contributed by atoms with Crippen LogP contribution in [-0.2, 0) is 49.5 Å². The molecule has 4 fully saturated rings. The summed E-state index contributed by atoms with van der Waals surface area (Å²) in [5.41, 5.74) is 2.65. The number of ether oxygens (including phenoxy) is 4. The minimum absolute atomic E-state index is 0.0712. The summed E-state index contributed by atoms with van der Waals surface area (Å²) in [5.74, 6) is -5.35. The van der Waals surface area contributed by atoms with E-state index in [2.05, 4.69) is 5.32 Å². The number of alkyl halides is 1. The Hall–Kier alpha value is -5.08. The maximum Gasteiger partial charge on any atom is 0.306 e. The number of nitrogens with one attached hydrogen (secondary N) is 1. The predicted octanol–water partition coefficient (Wildman–Crippen LogP) is 6.33. The highest BCUT2D eigenvalue weighted by molar-refractivity contribution is 6.01. The highest BCUT2D eigenvalue weighted by Crippen LogP contribution is 2.72. The van der Waals surface area contributed by atoms with Crippen molar-refractivity contribution in [2.45, 2.75) is 108 Å². The average Bonchev–Trinajstić information content (AvgIpc) is 3.64. The number of fused-ring (bicyclic) bond motifs is 8. The van der Waals surface area contributed by atoms with Gasteiger partial charge in [0.05, 0.1) is 31.0 Å². The molecular weight excluding hydrogens is 784 g/mol. The summed E-state index contributed by atoms with van der Waals surface area (Å²) in [6.45, 7) is 6.29. The second-order valence-electron chi connectivity index (χ2n) is 18.2. The molecule has 3 saturated carbocycles. The molecule has 1 heterocycles. The summed E-state index contributed by atoms with van der Waals surface area (Å²) in [6, 6.07) is 20.5. The van der Waals surface area contributed by atoms with Gasteiger partial charge in [-0.1, -0.05) is 73.2 Å². The van der Waals surface area contributed by atoms with Crippen LogP contribution in [0.5, 0.6) is 0 Å². The molecule has 3 aromatic carbocycles. The molecule has 4 aliphatic carbocycles. The van der Waals surface area contributed by atoms with E-state index < -0.39 is 82.2 Å². The molecule has 12 nitrogen and oxygen atoms in total. The van der Waals surface area contributed by atoms with E-state index >= 15 is 4.39 Å². The highest BCUT2D eigenvalue weighted by atomic mass is 19.1. The fraction of sp³-hybridized carbons (Fsp3) is 0.479. The van der Waals surface area contributed by atoms with Gasteiger partial charge in [-0.3, -0.25) is 24.0 Å². The lowest BCUT2D eigenvalue weighted by atomic mass is 9.44. The number of esters is 2. The molecule has 322 valence electrons. The number of amides is 1. The Morgan fingerprint density at radius 2 is 1.66 bits per heavy atom. The predicted molar refractivity (Wildman–Crippen MR) is 222 cm³/mol. The summed E-state index contributed by atoms with van der Waals surface area (Å²) in [7, 11) is 0. The van der Waals surface area contributed by atoms with E-state index in [1.807, 2.05) is 49.4 Å². The standard InChI is InChI=1S/C48H53FN2O10/c1-44(2)60-40-23-37-36-16-14-32-22-34(52)19-20-45(32,3)47(36,49)38(53)24-46(37,4)48(40,61-44)39(54)27-59-42(56)18-17-41(55)58-26-28-9-11-30(12-10-28)35(25-50)43(57)51-33-15-13-29-7-5-6-8-31(29)21-33/h5-13,15,19-22,35-38,40,53H,14,16-18,23-27,50H2,1-4H3,(H,51,57)/t35-,36+,37+,38+,40-,45+,46+,47+,48-/m1/s1. The van der Waals surface area contributed by atoms with Crippen molar-refractivity contribution in [2.75, 3.05) is 18.5 Å². The van der Waals surface area contributed by atoms with E-state index in [1.54, 1.807) is 51.1 Å². The van der Waals surface area contributed by atoms with Crippen LogP contribution in [0.15, 0.2) is 90.5 Å². The third-order valence-electron chi connectivity index (χ3n) is 14.3. The third kappa shape index (κ3) is 7.13. The Kier molecular flexibility index (Phi) is 10.9. The van der Waals surface area contributed by atoms with Crippen molar-refractivity contribution in [1.82, 2.24) is 0 Å². The van der Waals surface area contributed by atoms with Crippen LogP contribution in [0.2, 0.25) is 0 Å². The number of hydrogen-bond donors (Lipinski definition) is 3. The number of nitrogens with two attached hydrogens (primary N) is 1. The van der Waals surface area contributed by atoms with E-state index in [0.29, 0.717) is 41.6 Å². The second-order valence-corrected chi connectivity index (χ2v) is 18.2. The van der Waals surface area contributed by atoms with Crippen molar-refractivity contribution in [1.29, 1.82) is 0 Å². The fourth-order valence-corrected chi connectivity index (χ4v) is 11.3. The van der Waals surface area contributed by atoms with Gasteiger partial charge in [-0.15, -0.1) is 0 Å². The van der Waals surface area contributed by atoms with Gasteiger partial charge in [0.15, 0.2) is 29.4 Å². The van der Waals surface area contributed by atoms with Gasteiger partial charge in [-0.2, -0.15) is 0 Å². The van der Waals surface area contributed by atoms with Gasteiger partial charge in [-0.05, 0) is 98.6 Å². The summed E-state index contributed by atoms with van der Waals surface area (Å²) in [5, 5.41) is 16.8. The first kappa shape index (κ1) is 42.6. The zero-order chi connectivity index (χ0) is 43.5. The minimum atomic E-state index is -2.10. The number of rotatable bonds is 12. The zero-order valence-electron chi connectivity index (χ0n) is 34.9. The number of carbonyl (C=O) groups is 5. The van der Waals surface area contributed by atoms with Crippen LogP contribution in [0.25, 0.3) is 10.8 Å². The molecule has 3 aromatic rings. The molecule has 13 heteroatoms. The maximum absolute atomic E-state index is 17.7. The normalized spacial score (nSPS) is 32.4. The molecule has 1 saturated heterocycles. The van der Waals surface area contributed by atoms with E-state index in [0.717, 1.165) is 10.8 Å². The topological polar surface area (TPSA) is 181 Å². The number of hydrogen-bond acceptors (Lipinski definition) is 11. The van der Waals surface area contributed by atoms with Gasteiger partial charge < -0.3 is 35.1 Å². The Balaban J connectivity index is 0.851. The molecule has 0 spiro atoms. The average molecular weight is 837 g/mol. The number of carbonyl (C=O) groups excluding carboxylic acids is 5. The van der Waals surface area contributed by atoms with Crippen LogP contribution >= 0.6 is 0 Å². The van der Waals surface area contributed by atoms with Crippen molar-refractivity contribution in [3.63, 3.8) is 0 Å². The molecule has 1 amide bonds. The molecule has 0 aromatic heterocycles. The lowest BCUT2D eigenvalue weighted by Crippen LogP contribution is -2.70. The van der Waals surface area contributed by atoms with Gasteiger partial charge in [-0.25, -0.2) is 4.39 Å². The monoisotopic (exact) mass is 836 g/mol. The lowest BCUT2D eigenvalue weighted by Gasteiger charge is -2.62. The Labute approximate surface area is 354 Å². The molecular formula is C48H53FN2O10. The van der Waals surface area contributed by atoms with Gasteiger partial charge in [0.2, 0.25) is 11.7 Å². The molecule has 0 radical (unpaired) electrons. The number of Topliss-reactive ketones (excluding diaryl/α,β-unsaturated/α-hetero) is 1. The van der Waals surface area contributed by atoms with Crippen LogP contribution in [0, 0.1) is 22.7 Å². The lowest BCUT2D eigenvalue weighted by molar-refractivity contribution is -0.246. The van der Waals surface area contributed by atoms with Crippen molar-refractivity contribution < 1.29 is 52.4 Å². The summed E-state index contributed by atoms with van der Waals surface area (Å²) in [6.07, 6.45) is 2.51. The molecule has 0 bridgehead atoms. The number of aliphatic hydroxyl groups is 1. The van der Waals surface area contributed by atoms with E-state index in [4.69, 9.17) is 24.7 Å². The van der Waals surface area contributed by atoms with Crippen LogP contribution < -0.4 is 11.1 Å². The Morgan fingerprint density at radius 1 is 0.951 bits per heavy atom. The molecule has 61 heavy (non-hydrogen) atoms. The van der Waals surface area contributed by atoms with Gasteiger partial charge in [0.1, 0.15) is 6.61 Å². The summed E-state index contributed by atoms with van der Waals surface area (Å²) >= 11 is 0. The fourth-order valence-electron chi connectivity index (χ4n) is 11.3. The number of halogens is 1. The first-order chi connectivity index (χ1) is 28.9. The molecule has 8 rings (SSSR count). The highest BCUT2D eigenvalue weighted by Gasteiger charge is 2.80. The number of ketones is 2. The van der Waals surface area contributed by atoms with Gasteiger partial charge in [0, 0.05) is 29.0 Å². The van der Waals surface area contributed by atoms with Gasteiger partial charge >= 0.3 is 11.9 Å². The van der Waals surface area contributed by atoms with Crippen molar-refractivity contribution in [2.24, 2.45) is 28.4 Å². The number of aliphatic hydroxyl groups excluding tert-OH is 1. The Morgan fingerprint density at radius 3 is 2.38 bits per heavy atom. The van der Waals surface area contributed by atoms with Crippen LogP contribution in [0.3, 0.4) is 0 Å². The largest absolute Gasteiger partial charge is 0.461 e. The van der Waals surface area contributed by atoms with Crippen LogP contribution in [-0.4, -0.2) is 76.9 Å². The number of benzene rings is 3. The molecule has 9 atom stereocenters. The number of allylic oxidation sites excluding steroid dienone is 4. The summed E-state index contributed by atoms with van der Waals surface area (Å²) in [4.78, 5) is 65.4. The molecule has 1 aliphatic heterocycles. The quantitative estimate of drug-likeness (QED) is 0.174. The summed E-state index contributed by atoms with van der Waals surface area (Å²) < 4.78 is 41.4. The number of anilines is 1. The van der Waals surface area contributed by atoms with Crippen molar-refractivity contribution >= 4 is 45.9 Å². The molecule has 4 N–H and O–H groups in total. The Bertz CT molecular complexity index is 2340. The van der Waals surface area contributed by atoms with E-state index in [9.17, 15) is 29.1 Å². The van der Waals surface area contributed by atoms with Crippen molar-refractivity contribution in [3.8, 4) is 0 Å². The SMILES string of the molecule is CC1(C)O[C@@H]2C[C@H]3[C@@H]4CCC5=CC(=O)C=C[C@]5(C)[C@@]4(F)[C@@H](O)C[C@]3(C)[C@]2(C(=O)COC(=O)CCC(=O)OCc2ccc([C@@H](CN)C(=O)Nc3ccc4ccccc4c3)cc2)O1. The first-order valence-corrected chi connectivity index (χ1v) is 21.1. The maximum atomic E-state index is 17.7. The molecule has 5 aliphatic rings. The second kappa shape index (κ2) is 15.7. The smallest absolute Gasteiger partial charge is 0.306 e. The van der Waals surface area contributed by atoms with Gasteiger partial charge in [0.25, 0.3) is 0 Å². The van der Waals surface area contributed by atoms with Crippen LogP contribution in [0.1, 0.15) is 83.3 Å². The van der Waals surface area contributed by atoms with Crippen LogP contribution in [0.4, 0.5) is 10.1 Å². The first-order valence-electron chi connectivity index (χ1n) is 21.1. The third-order valence-corrected chi connectivity index (χ3v) is 14.3. The minimum Gasteiger partial charge on any atom is -0.461 e.